The Bertz CT molecular complexity index is 587. The topological polar surface area (TPSA) is 21.3 Å². The first-order valence-electron chi connectivity index (χ1n) is 6.08. The monoisotopic (exact) mass is 223 g/mol. The van der Waals surface area contributed by atoms with Gasteiger partial charge in [0.1, 0.15) is 0 Å². The first-order chi connectivity index (χ1) is 8.42. The van der Waals surface area contributed by atoms with Crippen molar-refractivity contribution in [3.05, 3.63) is 48.0 Å². The molecule has 0 unspecified atom stereocenters. The fourth-order valence-corrected chi connectivity index (χ4v) is 2.41. The van der Waals surface area contributed by atoms with E-state index in [0.717, 1.165) is 28.8 Å². The zero-order valence-corrected chi connectivity index (χ0v) is 9.44. The van der Waals surface area contributed by atoms with E-state index in [1.807, 2.05) is 24.3 Å². The number of benzene rings is 2. The quantitative estimate of drug-likeness (QED) is 0.659. The van der Waals surface area contributed by atoms with Crippen molar-refractivity contribution in [3.8, 4) is 11.5 Å². The molecule has 17 heavy (non-hydrogen) atoms. The number of para-hydroxylation sites is 3. The molecular weight excluding hydrogens is 210 g/mol. The van der Waals surface area contributed by atoms with E-state index >= 15 is 0 Å². The Labute approximate surface area is 100 Å². The zero-order chi connectivity index (χ0) is 11.2. The lowest BCUT2D eigenvalue weighted by Crippen LogP contribution is -2.04. The van der Waals surface area contributed by atoms with Crippen molar-refractivity contribution in [2.45, 2.75) is 18.8 Å². The Morgan fingerprint density at radius 2 is 1.76 bits per heavy atom. The smallest absolute Gasteiger partial charge is 0.151 e. The van der Waals surface area contributed by atoms with Gasteiger partial charge in [0.25, 0.3) is 0 Å². The van der Waals surface area contributed by atoms with Gasteiger partial charge in [-0.2, -0.15) is 0 Å². The molecule has 0 aromatic heterocycles. The first-order valence-corrected chi connectivity index (χ1v) is 6.08. The van der Waals surface area contributed by atoms with Gasteiger partial charge >= 0.3 is 0 Å². The minimum absolute atomic E-state index is 0.728. The molecule has 4 rings (SSSR count). The van der Waals surface area contributed by atoms with Gasteiger partial charge in [-0.1, -0.05) is 24.3 Å². The molecule has 0 atom stereocenters. The lowest BCUT2D eigenvalue weighted by molar-refractivity contribution is 0.480. The highest BCUT2D eigenvalue weighted by molar-refractivity contribution is 5.78. The molecular formula is C15H13NO. The van der Waals surface area contributed by atoms with Crippen molar-refractivity contribution in [1.29, 1.82) is 0 Å². The fourth-order valence-electron chi connectivity index (χ4n) is 2.41. The third-order valence-corrected chi connectivity index (χ3v) is 3.44. The lowest BCUT2D eigenvalue weighted by atomic mass is 10.1. The second kappa shape index (κ2) is 3.27. The van der Waals surface area contributed by atoms with Crippen LogP contribution in [0.1, 0.15) is 24.3 Å². The van der Waals surface area contributed by atoms with Gasteiger partial charge in [0.2, 0.25) is 0 Å². The molecule has 2 nitrogen and oxygen atoms in total. The number of anilines is 2. The van der Waals surface area contributed by atoms with Crippen LogP contribution in [0.25, 0.3) is 0 Å². The van der Waals surface area contributed by atoms with E-state index in [1.165, 1.54) is 18.4 Å². The lowest BCUT2D eigenvalue weighted by Gasteiger charge is -2.23. The van der Waals surface area contributed by atoms with Crippen molar-refractivity contribution in [1.82, 2.24) is 0 Å². The number of nitrogens with one attached hydrogen (secondary N) is 1. The van der Waals surface area contributed by atoms with E-state index in [4.69, 9.17) is 4.74 Å². The van der Waals surface area contributed by atoms with E-state index in [9.17, 15) is 0 Å². The molecule has 0 amide bonds. The van der Waals surface area contributed by atoms with Crippen LogP contribution in [0, 0.1) is 0 Å². The van der Waals surface area contributed by atoms with E-state index in [-0.39, 0.29) is 0 Å². The summed E-state index contributed by atoms with van der Waals surface area (Å²) in [6.07, 6.45) is 2.61. The molecule has 2 aliphatic rings. The van der Waals surface area contributed by atoms with Crippen molar-refractivity contribution in [2.24, 2.45) is 0 Å². The van der Waals surface area contributed by atoms with Crippen LogP contribution in [0.5, 0.6) is 11.5 Å². The second-order valence-corrected chi connectivity index (χ2v) is 4.72. The number of ether oxygens (including phenoxy) is 1. The highest BCUT2D eigenvalue weighted by Crippen LogP contribution is 2.50. The molecule has 1 saturated carbocycles. The van der Waals surface area contributed by atoms with Crippen LogP contribution in [-0.2, 0) is 0 Å². The summed E-state index contributed by atoms with van der Waals surface area (Å²) in [5.41, 5.74) is 3.62. The van der Waals surface area contributed by atoms with Gasteiger partial charge in [-0.3, -0.25) is 0 Å². The summed E-state index contributed by atoms with van der Waals surface area (Å²) in [5.74, 6) is 2.59. The van der Waals surface area contributed by atoms with E-state index in [2.05, 4.69) is 23.5 Å². The zero-order valence-electron chi connectivity index (χ0n) is 9.44. The Balaban J connectivity index is 1.85. The summed E-state index contributed by atoms with van der Waals surface area (Å²) in [5, 5.41) is 3.51. The molecule has 84 valence electrons. The van der Waals surface area contributed by atoms with Gasteiger partial charge in [-0.05, 0) is 42.5 Å². The highest BCUT2D eigenvalue weighted by Gasteiger charge is 2.29. The van der Waals surface area contributed by atoms with Crippen molar-refractivity contribution in [3.63, 3.8) is 0 Å². The van der Waals surface area contributed by atoms with Crippen molar-refractivity contribution in [2.75, 3.05) is 5.32 Å². The van der Waals surface area contributed by atoms with Gasteiger partial charge in [0, 0.05) is 0 Å². The molecule has 0 bridgehead atoms. The summed E-state index contributed by atoms with van der Waals surface area (Å²) in [6, 6.07) is 14.4. The molecule has 1 N–H and O–H groups in total. The maximum atomic E-state index is 5.93. The molecule has 2 aromatic rings. The number of hydrogen-bond donors (Lipinski definition) is 1. The number of hydrogen-bond acceptors (Lipinski definition) is 2. The third kappa shape index (κ3) is 1.41. The molecule has 2 heteroatoms. The average Bonchev–Trinajstić information content (AvgIpc) is 3.20. The minimum atomic E-state index is 0.728. The van der Waals surface area contributed by atoms with Crippen LogP contribution in [0.4, 0.5) is 11.4 Å². The molecule has 0 radical (unpaired) electrons. The maximum absolute atomic E-state index is 5.93. The van der Waals surface area contributed by atoms with Gasteiger partial charge in [-0.15, -0.1) is 0 Å². The molecule has 1 fully saturated rings. The normalized spacial score (nSPS) is 16.5. The highest BCUT2D eigenvalue weighted by atomic mass is 16.5. The molecule has 1 aliphatic carbocycles. The summed E-state index contributed by atoms with van der Waals surface area (Å²) in [6.45, 7) is 0. The van der Waals surface area contributed by atoms with Crippen LogP contribution < -0.4 is 10.1 Å². The van der Waals surface area contributed by atoms with Crippen molar-refractivity contribution < 1.29 is 4.74 Å². The number of fused-ring (bicyclic) bond motifs is 2. The molecule has 1 heterocycles. The fraction of sp³-hybridized carbons (Fsp3) is 0.200. The Kier molecular flexibility index (Phi) is 1.75. The summed E-state index contributed by atoms with van der Waals surface area (Å²) in [4.78, 5) is 0. The van der Waals surface area contributed by atoms with Crippen LogP contribution >= 0.6 is 0 Å². The minimum Gasteiger partial charge on any atom is -0.453 e. The average molecular weight is 223 g/mol. The third-order valence-electron chi connectivity index (χ3n) is 3.44. The van der Waals surface area contributed by atoms with Gasteiger partial charge in [0.05, 0.1) is 11.4 Å². The standard InChI is InChI=1S/C15H13NO/c1-2-6-13-12(5-1)16-15-11(10-8-9-10)4-3-7-14(15)17-13/h1-7,10,16H,8-9H2. The van der Waals surface area contributed by atoms with Gasteiger partial charge < -0.3 is 10.1 Å². The van der Waals surface area contributed by atoms with E-state index in [1.54, 1.807) is 0 Å². The Morgan fingerprint density at radius 1 is 0.941 bits per heavy atom. The van der Waals surface area contributed by atoms with Crippen LogP contribution in [0.3, 0.4) is 0 Å². The molecule has 0 spiro atoms. The SMILES string of the molecule is c1ccc2c(c1)Nc1c(cccc1C1CC1)O2. The maximum Gasteiger partial charge on any atom is 0.151 e. The number of rotatable bonds is 1. The predicted octanol–water partition coefficient (Wildman–Crippen LogP) is 4.41. The molecule has 0 saturated heterocycles. The van der Waals surface area contributed by atoms with Gasteiger partial charge in [-0.25, -0.2) is 0 Å². The van der Waals surface area contributed by atoms with Crippen molar-refractivity contribution >= 4 is 11.4 Å². The Hall–Kier alpha value is -1.96. The van der Waals surface area contributed by atoms with Gasteiger partial charge in [0.15, 0.2) is 11.5 Å². The van der Waals surface area contributed by atoms with Crippen LogP contribution in [0.2, 0.25) is 0 Å². The van der Waals surface area contributed by atoms with Crippen LogP contribution in [0.15, 0.2) is 42.5 Å². The Morgan fingerprint density at radius 3 is 2.65 bits per heavy atom. The van der Waals surface area contributed by atoms with E-state index < -0.39 is 0 Å². The summed E-state index contributed by atoms with van der Waals surface area (Å²) in [7, 11) is 0. The first kappa shape index (κ1) is 9.11. The van der Waals surface area contributed by atoms with Crippen LogP contribution in [-0.4, -0.2) is 0 Å². The largest absolute Gasteiger partial charge is 0.453 e. The second-order valence-electron chi connectivity index (χ2n) is 4.72. The summed E-state index contributed by atoms with van der Waals surface area (Å²) >= 11 is 0. The summed E-state index contributed by atoms with van der Waals surface area (Å²) < 4.78 is 5.93. The predicted molar refractivity (Wildman–Crippen MR) is 68.2 cm³/mol. The van der Waals surface area contributed by atoms with E-state index in [0.29, 0.717) is 0 Å². The molecule has 2 aromatic carbocycles. The molecule has 1 aliphatic heterocycles.